The van der Waals surface area contributed by atoms with E-state index in [2.05, 4.69) is 49.3 Å². The molecule has 5 atom stereocenters. The van der Waals surface area contributed by atoms with E-state index in [0.717, 1.165) is 12.8 Å². The van der Waals surface area contributed by atoms with Crippen LogP contribution in [0.5, 0.6) is 0 Å². The van der Waals surface area contributed by atoms with Gasteiger partial charge in [-0.05, 0) is 57.0 Å². The van der Waals surface area contributed by atoms with Gasteiger partial charge in [-0.2, -0.15) is 0 Å². The lowest BCUT2D eigenvalue weighted by molar-refractivity contribution is -0.0746. The Morgan fingerprint density at radius 3 is 2.27 bits per heavy atom. The van der Waals surface area contributed by atoms with Gasteiger partial charge >= 0.3 is 5.97 Å². The van der Waals surface area contributed by atoms with Gasteiger partial charge < -0.3 is 9.64 Å². The number of benzene rings is 2. The molecule has 0 amide bonds. The lowest BCUT2D eigenvalue weighted by atomic mass is 9.58. The number of fused-ring (bicyclic) bond motifs is 3. The fourth-order valence-electron chi connectivity index (χ4n) is 5.21. The Balaban J connectivity index is 1.57. The second-order valence-corrected chi connectivity index (χ2v) is 7.94. The molecule has 0 unspecified atom stereocenters. The zero-order valence-corrected chi connectivity index (χ0v) is 15.5. The monoisotopic (exact) mass is 349 g/mol. The molecule has 5 rings (SSSR count). The zero-order valence-electron chi connectivity index (χ0n) is 15.5. The molecule has 2 aromatic carbocycles. The van der Waals surface area contributed by atoms with Crippen LogP contribution in [0.3, 0.4) is 0 Å². The van der Waals surface area contributed by atoms with Crippen LogP contribution in [0.25, 0.3) is 0 Å². The molecule has 2 aromatic rings. The molecule has 3 aliphatic rings. The van der Waals surface area contributed by atoms with Crippen molar-refractivity contribution in [2.24, 2.45) is 11.8 Å². The zero-order chi connectivity index (χ0) is 18.1. The van der Waals surface area contributed by atoms with E-state index in [1.807, 2.05) is 30.3 Å². The second-order valence-electron chi connectivity index (χ2n) is 7.94. The lowest BCUT2D eigenvalue weighted by Crippen LogP contribution is -2.56. The summed E-state index contributed by atoms with van der Waals surface area (Å²) in [7, 11) is 4.33. The second kappa shape index (κ2) is 7.24. The van der Waals surface area contributed by atoms with Crippen LogP contribution >= 0.6 is 0 Å². The van der Waals surface area contributed by atoms with Crippen molar-refractivity contribution < 1.29 is 9.53 Å². The molecule has 0 aromatic heterocycles. The summed E-state index contributed by atoms with van der Waals surface area (Å²) in [6.45, 7) is 0. The highest BCUT2D eigenvalue weighted by Crippen LogP contribution is 2.52. The van der Waals surface area contributed by atoms with Crippen LogP contribution < -0.4 is 0 Å². The summed E-state index contributed by atoms with van der Waals surface area (Å²) >= 11 is 0. The molecular weight excluding hydrogens is 322 g/mol. The Bertz CT molecular complexity index is 743. The van der Waals surface area contributed by atoms with Gasteiger partial charge in [0.15, 0.2) is 0 Å². The van der Waals surface area contributed by atoms with E-state index in [1.54, 1.807) is 0 Å². The van der Waals surface area contributed by atoms with Crippen molar-refractivity contribution in [3.8, 4) is 0 Å². The van der Waals surface area contributed by atoms with Gasteiger partial charge in [0, 0.05) is 17.9 Å². The van der Waals surface area contributed by atoms with E-state index in [-0.39, 0.29) is 12.1 Å². The fourth-order valence-corrected chi connectivity index (χ4v) is 5.21. The van der Waals surface area contributed by atoms with Gasteiger partial charge in [-0.25, -0.2) is 4.79 Å². The van der Waals surface area contributed by atoms with Crippen molar-refractivity contribution in [3.63, 3.8) is 0 Å². The summed E-state index contributed by atoms with van der Waals surface area (Å²) in [4.78, 5) is 14.9. The minimum Gasteiger partial charge on any atom is -0.458 e. The quantitative estimate of drug-likeness (QED) is 0.768. The van der Waals surface area contributed by atoms with Crippen LogP contribution in [0.4, 0.5) is 0 Å². The first kappa shape index (κ1) is 17.3. The van der Waals surface area contributed by atoms with Crippen LogP contribution in [0.2, 0.25) is 0 Å². The third-order valence-electron chi connectivity index (χ3n) is 6.25. The summed E-state index contributed by atoms with van der Waals surface area (Å²) < 4.78 is 6.01. The number of ether oxygens (including phenoxy) is 1. The maximum Gasteiger partial charge on any atom is 0.338 e. The molecule has 0 radical (unpaired) electrons. The summed E-state index contributed by atoms with van der Waals surface area (Å²) in [5.41, 5.74) is 2.07. The molecule has 0 saturated heterocycles. The number of carbonyl (C=O) groups is 1. The highest BCUT2D eigenvalue weighted by Gasteiger charge is 2.51. The van der Waals surface area contributed by atoms with E-state index in [9.17, 15) is 4.79 Å². The summed E-state index contributed by atoms with van der Waals surface area (Å²) in [6, 6.07) is 20.6. The summed E-state index contributed by atoms with van der Waals surface area (Å²) in [6.07, 6.45) is 3.37. The van der Waals surface area contributed by atoms with Crippen molar-refractivity contribution >= 4 is 5.97 Å². The molecule has 0 N–H and O–H groups in total. The molecule has 136 valence electrons. The van der Waals surface area contributed by atoms with Crippen molar-refractivity contribution in [2.45, 2.75) is 37.3 Å². The molecule has 0 aliphatic heterocycles. The van der Waals surface area contributed by atoms with Gasteiger partial charge in [0.1, 0.15) is 6.10 Å². The number of rotatable bonds is 4. The van der Waals surface area contributed by atoms with E-state index in [0.29, 0.717) is 29.4 Å². The Labute approximate surface area is 156 Å². The molecule has 0 spiro atoms. The van der Waals surface area contributed by atoms with Gasteiger partial charge in [-0.15, -0.1) is 0 Å². The Hall–Kier alpha value is -2.13. The largest absolute Gasteiger partial charge is 0.458 e. The van der Waals surface area contributed by atoms with Gasteiger partial charge in [-0.1, -0.05) is 48.5 Å². The minimum absolute atomic E-state index is 0.0221. The fraction of sp³-hybridized carbons (Fsp3) is 0.435. The highest BCUT2D eigenvalue weighted by molar-refractivity contribution is 5.89. The number of esters is 1. The third-order valence-corrected chi connectivity index (χ3v) is 6.25. The van der Waals surface area contributed by atoms with Gasteiger partial charge in [0.2, 0.25) is 0 Å². The molecule has 3 fully saturated rings. The smallest absolute Gasteiger partial charge is 0.338 e. The number of carbonyl (C=O) groups excluding carboxylic acids is 1. The molecule has 26 heavy (non-hydrogen) atoms. The summed E-state index contributed by atoms with van der Waals surface area (Å²) in [5, 5.41) is 0. The third kappa shape index (κ3) is 3.16. The van der Waals surface area contributed by atoms with Gasteiger partial charge in [0.25, 0.3) is 0 Å². The maximum atomic E-state index is 12.6. The Morgan fingerprint density at radius 2 is 1.62 bits per heavy atom. The molecule has 3 aliphatic carbocycles. The van der Waals surface area contributed by atoms with Gasteiger partial charge in [-0.3, -0.25) is 0 Å². The van der Waals surface area contributed by atoms with Crippen molar-refractivity contribution in [2.75, 3.05) is 14.1 Å². The first-order chi connectivity index (χ1) is 12.6. The predicted octanol–water partition coefficient (Wildman–Crippen LogP) is 4.36. The van der Waals surface area contributed by atoms with Crippen LogP contribution in [-0.4, -0.2) is 37.1 Å². The topological polar surface area (TPSA) is 29.5 Å². The minimum atomic E-state index is -0.183. The van der Waals surface area contributed by atoms with E-state index in [4.69, 9.17) is 4.74 Å². The number of hydrogen-bond acceptors (Lipinski definition) is 3. The van der Waals surface area contributed by atoms with Crippen LogP contribution in [0.15, 0.2) is 60.7 Å². The molecular formula is C23H27NO2. The van der Waals surface area contributed by atoms with E-state index >= 15 is 0 Å². The summed E-state index contributed by atoms with van der Waals surface area (Å²) in [5.74, 6) is 1.31. The van der Waals surface area contributed by atoms with E-state index < -0.39 is 0 Å². The lowest BCUT2D eigenvalue weighted by Gasteiger charge is -2.54. The SMILES string of the molecule is CN(C)[C@@H]1[C@@H]2CC[C@@H](C[C@@H]2OC(=O)c2ccccc2)[C@H]1c1ccccc1. The molecule has 3 heteroatoms. The standard InChI is InChI=1S/C23H27NO2/c1-24(2)22-19-14-13-18(21(22)16-9-5-3-6-10-16)15-20(19)26-23(25)17-11-7-4-8-12-17/h3-12,18-22H,13-15H2,1-2H3/t18-,19+,20-,21+,22+/m0/s1. The highest BCUT2D eigenvalue weighted by atomic mass is 16.5. The van der Waals surface area contributed by atoms with Gasteiger partial charge in [0.05, 0.1) is 5.56 Å². The average Bonchev–Trinajstić information content (AvgIpc) is 2.69. The Morgan fingerprint density at radius 1 is 0.962 bits per heavy atom. The van der Waals surface area contributed by atoms with E-state index in [1.165, 1.54) is 12.0 Å². The molecule has 3 saturated carbocycles. The number of likely N-dealkylation sites (N-methyl/N-ethyl adjacent to an activating group) is 1. The average molecular weight is 349 g/mol. The van der Waals surface area contributed by atoms with Crippen LogP contribution in [0.1, 0.15) is 41.1 Å². The number of hydrogen-bond donors (Lipinski definition) is 0. The Kier molecular flexibility index (Phi) is 4.82. The first-order valence-electron chi connectivity index (χ1n) is 9.62. The van der Waals surface area contributed by atoms with Crippen LogP contribution in [-0.2, 0) is 4.74 Å². The number of nitrogens with zero attached hydrogens (tertiary/aromatic N) is 1. The first-order valence-corrected chi connectivity index (χ1v) is 9.62. The molecule has 0 heterocycles. The van der Waals surface area contributed by atoms with Crippen LogP contribution in [0, 0.1) is 11.8 Å². The molecule has 2 bridgehead atoms. The van der Waals surface area contributed by atoms with Crippen molar-refractivity contribution in [3.05, 3.63) is 71.8 Å². The molecule has 3 nitrogen and oxygen atoms in total. The van der Waals surface area contributed by atoms with Crippen molar-refractivity contribution in [1.82, 2.24) is 4.90 Å². The maximum absolute atomic E-state index is 12.6. The van der Waals surface area contributed by atoms with Crippen molar-refractivity contribution in [1.29, 1.82) is 0 Å². The predicted molar refractivity (Wildman–Crippen MR) is 103 cm³/mol. The normalized spacial score (nSPS) is 30.3.